The van der Waals surface area contributed by atoms with Gasteiger partial charge >= 0.3 is 0 Å². The van der Waals surface area contributed by atoms with Gasteiger partial charge in [-0.3, -0.25) is 0 Å². The molecule has 0 bridgehead atoms. The second kappa shape index (κ2) is 5.77. The topological polar surface area (TPSA) is 54.4 Å². The van der Waals surface area contributed by atoms with Gasteiger partial charge in [0, 0.05) is 12.7 Å². The number of aliphatic hydroxyl groups excluding tert-OH is 1. The van der Waals surface area contributed by atoms with E-state index in [2.05, 4.69) is 0 Å². The second-order valence-electron chi connectivity index (χ2n) is 5.05. The maximum atomic E-state index is 11.4. The van der Waals surface area contributed by atoms with Crippen molar-refractivity contribution in [3.8, 4) is 0 Å². The summed E-state index contributed by atoms with van der Waals surface area (Å²) in [6.45, 7) is 2.01. The molecule has 0 saturated heterocycles. The number of aryl methyl sites for hydroxylation is 1. The zero-order valence-electron chi connectivity index (χ0n) is 11.6. The molecule has 3 nitrogen and oxygen atoms in total. The summed E-state index contributed by atoms with van der Waals surface area (Å²) in [6.07, 6.45) is 1.05. The van der Waals surface area contributed by atoms with E-state index < -0.39 is 15.9 Å². The molecule has 2 aromatic rings. The van der Waals surface area contributed by atoms with Gasteiger partial charge < -0.3 is 5.11 Å². The Morgan fingerprint density at radius 3 is 2.30 bits per heavy atom. The summed E-state index contributed by atoms with van der Waals surface area (Å²) in [5.74, 6) is 0. The van der Waals surface area contributed by atoms with Gasteiger partial charge in [-0.15, -0.1) is 0 Å². The predicted octanol–water partition coefficient (Wildman–Crippen LogP) is 2.67. The summed E-state index contributed by atoms with van der Waals surface area (Å²) in [7, 11) is -3.19. The van der Waals surface area contributed by atoms with E-state index in [9.17, 15) is 13.5 Å². The van der Waals surface area contributed by atoms with Gasteiger partial charge in [-0.1, -0.05) is 42.0 Å². The lowest BCUT2D eigenvalue weighted by Gasteiger charge is -2.12. The van der Waals surface area contributed by atoms with E-state index in [4.69, 9.17) is 0 Å². The van der Waals surface area contributed by atoms with Crippen molar-refractivity contribution in [2.45, 2.75) is 24.3 Å². The maximum Gasteiger partial charge on any atom is 0.175 e. The van der Waals surface area contributed by atoms with Crippen molar-refractivity contribution in [2.24, 2.45) is 0 Å². The van der Waals surface area contributed by atoms with Crippen molar-refractivity contribution in [1.82, 2.24) is 0 Å². The molecule has 1 N–H and O–H groups in total. The molecule has 4 heteroatoms. The highest BCUT2D eigenvalue weighted by atomic mass is 32.2. The Labute approximate surface area is 119 Å². The van der Waals surface area contributed by atoms with E-state index in [1.165, 1.54) is 18.4 Å². The molecule has 0 aromatic heterocycles. The fraction of sp³-hybridized carbons (Fsp3) is 0.250. The summed E-state index contributed by atoms with van der Waals surface area (Å²) < 4.78 is 22.8. The molecule has 0 radical (unpaired) electrons. The lowest BCUT2D eigenvalue weighted by molar-refractivity contribution is 0.178. The van der Waals surface area contributed by atoms with E-state index in [-0.39, 0.29) is 4.90 Å². The molecule has 0 fully saturated rings. The van der Waals surface area contributed by atoms with Gasteiger partial charge in [-0.05, 0) is 30.2 Å². The minimum Gasteiger partial charge on any atom is -0.388 e. The third-order valence-corrected chi connectivity index (χ3v) is 4.33. The Kier molecular flexibility index (Phi) is 4.26. The van der Waals surface area contributed by atoms with Crippen LogP contribution in [0.4, 0.5) is 0 Å². The molecule has 1 unspecified atom stereocenters. The molecular weight excluding hydrogens is 272 g/mol. The molecule has 0 heterocycles. The highest BCUT2D eigenvalue weighted by molar-refractivity contribution is 7.90. The standard InChI is InChI=1S/C16H18O3S/c1-12-4-3-5-13(10-12)11-16(17)14-6-8-15(9-7-14)20(2,18)19/h3-10,16-17H,11H2,1-2H3. The lowest BCUT2D eigenvalue weighted by atomic mass is 10.0. The van der Waals surface area contributed by atoms with Crippen LogP contribution < -0.4 is 0 Å². The van der Waals surface area contributed by atoms with E-state index >= 15 is 0 Å². The van der Waals surface area contributed by atoms with Crippen LogP contribution in [0.1, 0.15) is 22.8 Å². The summed E-state index contributed by atoms with van der Waals surface area (Å²) in [6, 6.07) is 14.4. The van der Waals surface area contributed by atoms with Crippen LogP contribution in [0.25, 0.3) is 0 Å². The van der Waals surface area contributed by atoms with Crippen LogP contribution in [0.5, 0.6) is 0 Å². The molecule has 0 saturated carbocycles. The molecule has 20 heavy (non-hydrogen) atoms. The van der Waals surface area contributed by atoms with Crippen LogP contribution >= 0.6 is 0 Å². The molecule has 106 valence electrons. The quantitative estimate of drug-likeness (QED) is 0.942. The van der Waals surface area contributed by atoms with Crippen molar-refractivity contribution >= 4 is 9.84 Å². The van der Waals surface area contributed by atoms with Gasteiger partial charge in [0.25, 0.3) is 0 Å². The summed E-state index contributed by atoms with van der Waals surface area (Å²) in [5, 5.41) is 10.2. The van der Waals surface area contributed by atoms with Gasteiger partial charge in [0.05, 0.1) is 11.0 Å². The van der Waals surface area contributed by atoms with Crippen molar-refractivity contribution in [2.75, 3.05) is 6.26 Å². The van der Waals surface area contributed by atoms with E-state index in [1.54, 1.807) is 12.1 Å². The zero-order valence-corrected chi connectivity index (χ0v) is 12.4. The molecule has 0 aliphatic carbocycles. The molecule has 1 atom stereocenters. The first kappa shape index (κ1) is 14.8. The van der Waals surface area contributed by atoms with Gasteiger partial charge in [0.2, 0.25) is 0 Å². The summed E-state index contributed by atoms with van der Waals surface area (Å²) >= 11 is 0. The zero-order chi connectivity index (χ0) is 14.8. The first-order valence-corrected chi connectivity index (χ1v) is 8.29. The Morgan fingerprint density at radius 2 is 1.75 bits per heavy atom. The van der Waals surface area contributed by atoms with Gasteiger partial charge in [0.15, 0.2) is 9.84 Å². The largest absolute Gasteiger partial charge is 0.388 e. The Hall–Kier alpha value is -1.65. The van der Waals surface area contributed by atoms with Crippen molar-refractivity contribution in [3.63, 3.8) is 0 Å². The highest BCUT2D eigenvalue weighted by Gasteiger charge is 2.11. The maximum absolute atomic E-state index is 11.4. The van der Waals surface area contributed by atoms with Gasteiger partial charge in [-0.25, -0.2) is 8.42 Å². The number of sulfone groups is 1. The second-order valence-corrected chi connectivity index (χ2v) is 7.07. The first-order chi connectivity index (χ1) is 9.36. The minimum absolute atomic E-state index is 0.268. The third kappa shape index (κ3) is 3.68. The van der Waals surface area contributed by atoms with Gasteiger partial charge in [0.1, 0.15) is 0 Å². The number of aliphatic hydroxyl groups is 1. The van der Waals surface area contributed by atoms with Crippen LogP contribution in [-0.2, 0) is 16.3 Å². The molecular formula is C16H18O3S. The first-order valence-electron chi connectivity index (χ1n) is 6.40. The normalized spacial score (nSPS) is 13.2. The number of hydrogen-bond acceptors (Lipinski definition) is 3. The van der Waals surface area contributed by atoms with Crippen molar-refractivity contribution in [1.29, 1.82) is 0 Å². The SMILES string of the molecule is Cc1cccc(CC(O)c2ccc(S(C)(=O)=O)cc2)c1. The molecule has 0 spiro atoms. The number of rotatable bonds is 4. The number of benzene rings is 2. The fourth-order valence-corrected chi connectivity index (χ4v) is 2.75. The summed E-state index contributed by atoms with van der Waals surface area (Å²) in [4.78, 5) is 0.268. The van der Waals surface area contributed by atoms with Gasteiger partial charge in [-0.2, -0.15) is 0 Å². The monoisotopic (exact) mass is 290 g/mol. The van der Waals surface area contributed by atoms with Crippen molar-refractivity contribution < 1.29 is 13.5 Å². The van der Waals surface area contributed by atoms with Crippen LogP contribution in [0, 0.1) is 6.92 Å². The third-order valence-electron chi connectivity index (χ3n) is 3.20. The van der Waals surface area contributed by atoms with E-state index in [0.717, 1.165) is 16.7 Å². The fourth-order valence-electron chi connectivity index (χ4n) is 2.12. The highest BCUT2D eigenvalue weighted by Crippen LogP contribution is 2.20. The Bertz CT molecular complexity index is 688. The Morgan fingerprint density at radius 1 is 1.10 bits per heavy atom. The average Bonchev–Trinajstić information content (AvgIpc) is 2.38. The van der Waals surface area contributed by atoms with E-state index in [0.29, 0.717) is 6.42 Å². The molecule has 0 amide bonds. The predicted molar refractivity (Wildman–Crippen MR) is 79.4 cm³/mol. The molecule has 2 rings (SSSR count). The van der Waals surface area contributed by atoms with E-state index in [1.807, 2.05) is 31.2 Å². The minimum atomic E-state index is -3.19. The smallest absolute Gasteiger partial charge is 0.175 e. The lowest BCUT2D eigenvalue weighted by Crippen LogP contribution is -2.03. The van der Waals surface area contributed by atoms with Crippen LogP contribution in [0.2, 0.25) is 0 Å². The number of hydrogen-bond donors (Lipinski definition) is 1. The van der Waals surface area contributed by atoms with Crippen LogP contribution in [0.15, 0.2) is 53.4 Å². The van der Waals surface area contributed by atoms with Crippen LogP contribution in [0.3, 0.4) is 0 Å². The molecule has 0 aliphatic rings. The Balaban J connectivity index is 2.15. The molecule has 0 aliphatic heterocycles. The molecule has 2 aromatic carbocycles. The summed E-state index contributed by atoms with van der Waals surface area (Å²) in [5.41, 5.74) is 2.94. The van der Waals surface area contributed by atoms with Crippen LogP contribution in [-0.4, -0.2) is 19.8 Å². The van der Waals surface area contributed by atoms with Crippen molar-refractivity contribution in [3.05, 3.63) is 65.2 Å². The average molecular weight is 290 g/mol.